The molecule has 0 aromatic carbocycles. The molecule has 2 heterocycles. The van der Waals surface area contributed by atoms with Gasteiger partial charge < -0.3 is 15.7 Å². The Bertz CT molecular complexity index is 578. The second kappa shape index (κ2) is 6.66. The summed E-state index contributed by atoms with van der Waals surface area (Å²) in [7, 11) is 0. The lowest BCUT2D eigenvalue weighted by Gasteiger charge is -2.17. The molecular weight excluding hydrogens is 342 g/mol. The molecule has 0 spiro atoms. The number of pyridine rings is 1. The summed E-state index contributed by atoms with van der Waals surface area (Å²) in [6.45, 7) is 0. The van der Waals surface area contributed by atoms with Crippen molar-refractivity contribution in [1.82, 2.24) is 15.6 Å². The highest BCUT2D eigenvalue weighted by molar-refractivity contribution is 9.10. The zero-order chi connectivity index (χ0) is 15.4. The van der Waals surface area contributed by atoms with Crippen molar-refractivity contribution in [3.63, 3.8) is 0 Å². The van der Waals surface area contributed by atoms with Crippen molar-refractivity contribution in [2.45, 2.75) is 31.3 Å². The largest absolute Gasteiger partial charge is 0.480 e. The van der Waals surface area contributed by atoms with Crippen LogP contribution in [0.4, 0.5) is 0 Å². The number of amides is 2. The van der Waals surface area contributed by atoms with Crippen LogP contribution in [0.3, 0.4) is 0 Å². The Morgan fingerprint density at radius 1 is 1.57 bits per heavy atom. The van der Waals surface area contributed by atoms with E-state index in [2.05, 4.69) is 31.5 Å². The number of carboxylic acid groups (broad SMARTS) is 1. The average Bonchev–Trinajstić information content (AvgIpc) is 2.87. The van der Waals surface area contributed by atoms with Crippen LogP contribution in [0.2, 0.25) is 0 Å². The molecule has 8 heteroatoms. The Kier molecular flexibility index (Phi) is 4.89. The Hall–Kier alpha value is -1.96. The minimum atomic E-state index is -1.14. The van der Waals surface area contributed by atoms with Gasteiger partial charge in [-0.3, -0.25) is 9.59 Å². The molecule has 7 nitrogen and oxygen atoms in total. The summed E-state index contributed by atoms with van der Waals surface area (Å²) in [6.07, 6.45) is 2.35. The maximum Gasteiger partial charge on any atom is 0.326 e. The molecule has 0 aliphatic carbocycles. The van der Waals surface area contributed by atoms with Crippen molar-refractivity contribution in [2.75, 3.05) is 0 Å². The fraction of sp³-hybridized carbons (Fsp3) is 0.385. The van der Waals surface area contributed by atoms with E-state index in [-0.39, 0.29) is 18.7 Å². The van der Waals surface area contributed by atoms with Gasteiger partial charge in [-0.25, -0.2) is 9.78 Å². The van der Waals surface area contributed by atoms with Crippen molar-refractivity contribution >= 4 is 33.7 Å². The molecule has 2 amide bonds. The topological polar surface area (TPSA) is 108 Å². The van der Waals surface area contributed by atoms with Crippen molar-refractivity contribution in [3.8, 4) is 0 Å². The normalized spacial score (nSPS) is 18.9. The molecule has 3 N–H and O–H groups in total. The van der Waals surface area contributed by atoms with E-state index in [0.29, 0.717) is 16.6 Å². The van der Waals surface area contributed by atoms with Gasteiger partial charge in [0.15, 0.2) is 0 Å². The van der Waals surface area contributed by atoms with Crippen molar-refractivity contribution in [3.05, 3.63) is 28.5 Å². The first-order valence-corrected chi connectivity index (χ1v) is 7.18. The van der Waals surface area contributed by atoms with E-state index < -0.39 is 24.0 Å². The lowest BCUT2D eigenvalue weighted by Crippen LogP contribution is -2.49. The predicted octanol–water partition coefficient (Wildman–Crippen LogP) is 0.235. The molecule has 1 aromatic heterocycles. The van der Waals surface area contributed by atoms with Crippen LogP contribution in [0.1, 0.15) is 18.4 Å². The van der Waals surface area contributed by atoms with Gasteiger partial charge in [-0.2, -0.15) is 0 Å². The number of carbonyl (C=O) groups excluding carboxylic acids is 2. The number of rotatable bonds is 5. The van der Waals surface area contributed by atoms with Crippen LogP contribution in [-0.2, 0) is 20.8 Å². The third-order valence-electron chi connectivity index (χ3n) is 3.19. The zero-order valence-corrected chi connectivity index (χ0v) is 12.6. The molecule has 1 aromatic rings. The summed E-state index contributed by atoms with van der Waals surface area (Å²) in [5.74, 6) is -1.81. The number of aliphatic carboxylic acids is 1. The third-order valence-corrected chi connectivity index (χ3v) is 3.90. The summed E-state index contributed by atoms with van der Waals surface area (Å²) in [4.78, 5) is 38.4. The summed E-state index contributed by atoms with van der Waals surface area (Å²) < 4.78 is 0.541. The molecule has 0 unspecified atom stereocenters. The highest BCUT2D eigenvalue weighted by Crippen LogP contribution is 2.15. The quantitative estimate of drug-likeness (QED) is 0.655. The Balaban J connectivity index is 2.03. The fourth-order valence-corrected chi connectivity index (χ4v) is 2.49. The lowest BCUT2D eigenvalue weighted by molar-refractivity contribution is -0.142. The summed E-state index contributed by atoms with van der Waals surface area (Å²) in [5, 5.41) is 14.2. The smallest absolute Gasteiger partial charge is 0.326 e. The van der Waals surface area contributed by atoms with Crippen LogP contribution < -0.4 is 10.6 Å². The number of halogens is 1. The summed E-state index contributed by atoms with van der Waals surface area (Å²) in [5.41, 5.74) is 0.681. The molecule has 1 aliphatic rings. The fourth-order valence-electron chi connectivity index (χ4n) is 2.07. The first-order chi connectivity index (χ1) is 9.97. The molecule has 21 heavy (non-hydrogen) atoms. The second-order valence-electron chi connectivity index (χ2n) is 4.72. The van der Waals surface area contributed by atoms with Gasteiger partial charge in [0.25, 0.3) is 0 Å². The zero-order valence-electron chi connectivity index (χ0n) is 11.0. The first-order valence-electron chi connectivity index (χ1n) is 6.39. The van der Waals surface area contributed by atoms with Gasteiger partial charge in [0.2, 0.25) is 11.8 Å². The van der Waals surface area contributed by atoms with Gasteiger partial charge in [0.05, 0.1) is 0 Å². The predicted molar refractivity (Wildman–Crippen MR) is 76.4 cm³/mol. The van der Waals surface area contributed by atoms with Crippen LogP contribution in [0.25, 0.3) is 0 Å². The van der Waals surface area contributed by atoms with E-state index in [1.165, 1.54) is 0 Å². The monoisotopic (exact) mass is 355 g/mol. The molecule has 2 atom stereocenters. The Labute approximate surface area is 129 Å². The number of carbonyl (C=O) groups is 3. The van der Waals surface area contributed by atoms with E-state index in [0.717, 1.165) is 0 Å². The van der Waals surface area contributed by atoms with Gasteiger partial charge >= 0.3 is 5.97 Å². The lowest BCUT2D eigenvalue weighted by atomic mass is 10.1. The molecule has 2 rings (SSSR count). The molecule has 112 valence electrons. The van der Waals surface area contributed by atoms with Crippen molar-refractivity contribution in [1.29, 1.82) is 0 Å². The molecule has 0 saturated carbocycles. The number of nitrogens with zero attached hydrogens (tertiary/aromatic N) is 1. The van der Waals surface area contributed by atoms with E-state index in [9.17, 15) is 19.5 Å². The minimum Gasteiger partial charge on any atom is -0.480 e. The number of hydrogen-bond donors (Lipinski definition) is 3. The summed E-state index contributed by atoms with van der Waals surface area (Å²) >= 11 is 3.24. The standard InChI is InChI=1S/C13H14BrN3O4/c14-11-7(2-1-5-15-11)6-9(13(20)21)17-12(19)8-3-4-10(18)16-8/h1-2,5,8-9H,3-4,6H2,(H,16,18)(H,17,19)(H,20,21)/t8-,9+/m0/s1. The van der Waals surface area contributed by atoms with E-state index >= 15 is 0 Å². The second-order valence-corrected chi connectivity index (χ2v) is 5.47. The highest BCUT2D eigenvalue weighted by atomic mass is 79.9. The van der Waals surface area contributed by atoms with Crippen LogP contribution in [0.5, 0.6) is 0 Å². The van der Waals surface area contributed by atoms with Crippen molar-refractivity contribution in [2.24, 2.45) is 0 Å². The van der Waals surface area contributed by atoms with E-state index in [4.69, 9.17) is 0 Å². The number of hydrogen-bond acceptors (Lipinski definition) is 4. The first kappa shape index (κ1) is 15.4. The van der Waals surface area contributed by atoms with E-state index in [1.807, 2.05) is 0 Å². The maximum absolute atomic E-state index is 12.0. The van der Waals surface area contributed by atoms with Gasteiger partial charge in [-0.15, -0.1) is 0 Å². The van der Waals surface area contributed by atoms with E-state index in [1.54, 1.807) is 18.3 Å². The SMILES string of the molecule is O=C1CC[C@@H](C(=O)N[C@H](Cc2cccnc2Br)C(=O)O)N1. The highest BCUT2D eigenvalue weighted by Gasteiger charge is 2.30. The van der Waals surface area contributed by atoms with Gasteiger partial charge in [0, 0.05) is 19.0 Å². The molecular formula is C13H14BrN3O4. The van der Waals surface area contributed by atoms with Crippen LogP contribution >= 0.6 is 15.9 Å². The Morgan fingerprint density at radius 2 is 2.33 bits per heavy atom. The molecule has 1 fully saturated rings. The number of aromatic nitrogens is 1. The number of carboxylic acids is 1. The van der Waals surface area contributed by atoms with Crippen LogP contribution in [0.15, 0.2) is 22.9 Å². The van der Waals surface area contributed by atoms with Gasteiger partial charge in [-0.1, -0.05) is 6.07 Å². The minimum absolute atomic E-state index is 0.107. The van der Waals surface area contributed by atoms with Gasteiger partial charge in [-0.05, 0) is 34.0 Å². The average molecular weight is 356 g/mol. The Morgan fingerprint density at radius 3 is 2.90 bits per heavy atom. The number of nitrogens with one attached hydrogen (secondary N) is 2. The van der Waals surface area contributed by atoms with Crippen molar-refractivity contribution < 1.29 is 19.5 Å². The molecule has 0 radical (unpaired) electrons. The van der Waals surface area contributed by atoms with Gasteiger partial charge in [0.1, 0.15) is 16.7 Å². The van der Waals surface area contributed by atoms with Crippen LogP contribution in [-0.4, -0.2) is 40.0 Å². The maximum atomic E-state index is 12.0. The molecule has 1 aliphatic heterocycles. The summed E-state index contributed by atoms with van der Waals surface area (Å²) in [6, 6.07) is 1.70. The van der Waals surface area contributed by atoms with Crippen LogP contribution in [0, 0.1) is 0 Å². The molecule has 1 saturated heterocycles. The molecule has 0 bridgehead atoms. The third kappa shape index (κ3) is 4.01.